The monoisotopic (exact) mass is 275 g/mol. The summed E-state index contributed by atoms with van der Waals surface area (Å²) in [6.07, 6.45) is 3.35. The van der Waals surface area contributed by atoms with Crippen LogP contribution in [0.1, 0.15) is 53.8 Å². The van der Waals surface area contributed by atoms with Crippen LogP contribution in [0.3, 0.4) is 0 Å². The first kappa shape index (κ1) is 14.6. The van der Waals surface area contributed by atoms with Crippen LogP contribution in [0.15, 0.2) is 24.3 Å². The molecule has 2 rings (SSSR count). The molecule has 1 aliphatic rings. The zero-order chi connectivity index (χ0) is 14.7. The summed E-state index contributed by atoms with van der Waals surface area (Å²) >= 11 is 0. The number of carbonyl (C=O) groups is 2. The highest BCUT2D eigenvalue weighted by atomic mass is 16.4. The third-order valence-electron chi connectivity index (χ3n) is 4.46. The normalized spacial score (nSPS) is 25.4. The lowest BCUT2D eigenvalue weighted by molar-refractivity contribution is 0.0696. The van der Waals surface area contributed by atoms with Gasteiger partial charge >= 0.3 is 5.97 Å². The third-order valence-corrected chi connectivity index (χ3v) is 4.46. The van der Waals surface area contributed by atoms with Gasteiger partial charge in [-0.05, 0) is 48.9 Å². The van der Waals surface area contributed by atoms with Crippen LogP contribution in [0.2, 0.25) is 0 Å². The molecular formula is C16H21NO3. The Morgan fingerprint density at radius 3 is 2.30 bits per heavy atom. The van der Waals surface area contributed by atoms with Gasteiger partial charge in [-0.25, -0.2) is 4.79 Å². The molecule has 1 saturated carbocycles. The number of carboxylic acids is 1. The molecule has 1 aliphatic carbocycles. The molecule has 1 amide bonds. The first-order chi connectivity index (χ1) is 9.52. The molecular weight excluding hydrogens is 254 g/mol. The van der Waals surface area contributed by atoms with Gasteiger partial charge in [0.1, 0.15) is 0 Å². The number of rotatable bonds is 4. The van der Waals surface area contributed by atoms with Gasteiger partial charge in [-0.2, -0.15) is 0 Å². The zero-order valence-electron chi connectivity index (χ0n) is 11.9. The summed E-state index contributed by atoms with van der Waals surface area (Å²) in [6, 6.07) is 6.28. The fraction of sp³-hybridized carbons (Fsp3) is 0.500. The van der Waals surface area contributed by atoms with Crippen LogP contribution in [-0.2, 0) is 0 Å². The maximum atomic E-state index is 12.2. The summed E-state index contributed by atoms with van der Waals surface area (Å²) in [5, 5.41) is 11.9. The molecule has 0 aromatic heterocycles. The van der Waals surface area contributed by atoms with Crippen LogP contribution >= 0.6 is 0 Å². The summed E-state index contributed by atoms with van der Waals surface area (Å²) in [7, 11) is 0. The molecule has 0 bridgehead atoms. The van der Waals surface area contributed by atoms with Crippen molar-refractivity contribution in [2.45, 2.75) is 39.2 Å². The molecule has 20 heavy (non-hydrogen) atoms. The number of aromatic carboxylic acids is 1. The first-order valence-electron chi connectivity index (χ1n) is 7.17. The van der Waals surface area contributed by atoms with Crippen LogP contribution in [0.4, 0.5) is 0 Å². The number of nitrogens with one attached hydrogen (secondary N) is 1. The first-order valence-corrected chi connectivity index (χ1v) is 7.17. The highest BCUT2D eigenvalue weighted by Crippen LogP contribution is 2.33. The van der Waals surface area contributed by atoms with Crippen molar-refractivity contribution in [2.75, 3.05) is 0 Å². The summed E-state index contributed by atoms with van der Waals surface area (Å²) in [6.45, 7) is 4.38. The molecule has 3 unspecified atom stereocenters. The highest BCUT2D eigenvalue weighted by molar-refractivity contribution is 5.96. The lowest BCUT2D eigenvalue weighted by Gasteiger charge is -2.21. The molecule has 0 aliphatic heterocycles. The van der Waals surface area contributed by atoms with E-state index in [2.05, 4.69) is 19.2 Å². The van der Waals surface area contributed by atoms with Crippen LogP contribution in [0, 0.1) is 11.8 Å². The Morgan fingerprint density at radius 1 is 1.20 bits per heavy atom. The summed E-state index contributed by atoms with van der Waals surface area (Å²) in [5.41, 5.74) is 0.712. The fourth-order valence-corrected chi connectivity index (χ4v) is 3.04. The number of hydrogen-bond acceptors (Lipinski definition) is 2. The van der Waals surface area contributed by atoms with E-state index in [4.69, 9.17) is 5.11 Å². The topological polar surface area (TPSA) is 66.4 Å². The van der Waals surface area contributed by atoms with E-state index in [1.165, 1.54) is 18.6 Å². The number of hydrogen-bond donors (Lipinski definition) is 2. The van der Waals surface area contributed by atoms with Crippen molar-refractivity contribution in [1.82, 2.24) is 5.32 Å². The summed E-state index contributed by atoms with van der Waals surface area (Å²) in [5.74, 6) is 0.0969. The Labute approximate surface area is 119 Å². The van der Waals surface area contributed by atoms with Crippen molar-refractivity contribution in [3.8, 4) is 0 Å². The van der Waals surface area contributed by atoms with Crippen molar-refractivity contribution in [2.24, 2.45) is 11.8 Å². The number of carboxylic acid groups (broad SMARTS) is 1. The maximum absolute atomic E-state index is 12.2. The van der Waals surface area contributed by atoms with Gasteiger partial charge in [0.2, 0.25) is 0 Å². The number of amides is 1. The van der Waals surface area contributed by atoms with Crippen LogP contribution < -0.4 is 5.32 Å². The molecule has 4 nitrogen and oxygen atoms in total. The van der Waals surface area contributed by atoms with Gasteiger partial charge in [0.05, 0.1) is 5.56 Å². The predicted molar refractivity (Wildman–Crippen MR) is 76.8 cm³/mol. The third kappa shape index (κ3) is 3.00. The molecule has 3 atom stereocenters. The fourth-order valence-electron chi connectivity index (χ4n) is 3.04. The van der Waals surface area contributed by atoms with Crippen molar-refractivity contribution < 1.29 is 14.7 Å². The molecule has 2 N–H and O–H groups in total. The largest absolute Gasteiger partial charge is 0.478 e. The second-order valence-corrected chi connectivity index (χ2v) is 5.57. The Hall–Kier alpha value is -1.84. The van der Waals surface area contributed by atoms with Crippen molar-refractivity contribution in [1.29, 1.82) is 0 Å². The van der Waals surface area contributed by atoms with Crippen LogP contribution in [-0.4, -0.2) is 23.0 Å². The SMILES string of the molecule is CCC1CCC(NC(=O)c2ccc(C(=O)O)cc2)C1C. The van der Waals surface area contributed by atoms with Crippen LogP contribution in [0.25, 0.3) is 0 Å². The van der Waals surface area contributed by atoms with Crippen LogP contribution in [0.5, 0.6) is 0 Å². The number of carbonyl (C=O) groups excluding carboxylic acids is 1. The van der Waals surface area contributed by atoms with E-state index < -0.39 is 5.97 Å². The molecule has 0 saturated heterocycles. The van der Waals surface area contributed by atoms with E-state index in [9.17, 15) is 9.59 Å². The summed E-state index contributed by atoms with van der Waals surface area (Å²) in [4.78, 5) is 22.9. The van der Waals surface area contributed by atoms with E-state index >= 15 is 0 Å². The van der Waals surface area contributed by atoms with Gasteiger partial charge in [-0.1, -0.05) is 20.3 Å². The second-order valence-electron chi connectivity index (χ2n) is 5.57. The lowest BCUT2D eigenvalue weighted by Crippen LogP contribution is -2.37. The number of benzene rings is 1. The minimum atomic E-state index is -0.979. The standard InChI is InChI=1S/C16H21NO3/c1-3-11-8-9-14(10(11)2)17-15(18)12-4-6-13(7-5-12)16(19)20/h4-7,10-11,14H,3,8-9H2,1-2H3,(H,17,18)(H,19,20). The molecule has 0 spiro atoms. The van der Waals surface area contributed by atoms with Gasteiger partial charge in [0, 0.05) is 11.6 Å². The molecule has 108 valence electrons. The van der Waals surface area contributed by atoms with E-state index in [-0.39, 0.29) is 17.5 Å². The van der Waals surface area contributed by atoms with Gasteiger partial charge in [0.25, 0.3) is 5.91 Å². The van der Waals surface area contributed by atoms with Gasteiger partial charge in [0.15, 0.2) is 0 Å². The molecule has 1 fully saturated rings. The Balaban J connectivity index is 2.00. The van der Waals surface area contributed by atoms with E-state index in [1.807, 2.05) is 0 Å². The minimum Gasteiger partial charge on any atom is -0.478 e. The van der Waals surface area contributed by atoms with E-state index in [0.717, 1.165) is 12.8 Å². The predicted octanol–water partition coefficient (Wildman–Crippen LogP) is 2.94. The maximum Gasteiger partial charge on any atom is 0.335 e. The minimum absolute atomic E-state index is 0.115. The van der Waals surface area contributed by atoms with Crippen molar-refractivity contribution in [3.63, 3.8) is 0 Å². The average molecular weight is 275 g/mol. The zero-order valence-corrected chi connectivity index (χ0v) is 11.9. The quantitative estimate of drug-likeness (QED) is 0.887. The summed E-state index contributed by atoms with van der Waals surface area (Å²) < 4.78 is 0. The van der Waals surface area contributed by atoms with E-state index in [1.54, 1.807) is 12.1 Å². The average Bonchev–Trinajstić information content (AvgIpc) is 2.79. The van der Waals surface area contributed by atoms with Crippen molar-refractivity contribution in [3.05, 3.63) is 35.4 Å². The van der Waals surface area contributed by atoms with Gasteiger partial charge in [-0.15, -0.1) is 0 Å². The molecule has 1 aromatic carbocycles. The lowest BCUT2D eigenvalue weighted by atomic mass is 9.93. The Kier molecular flexibility index (Phi) is 4.42. The van der Waals surface area contributed by atoms with Crippen molar-refractivity contribution >= 4 is 11.9 Å². The Bertz CT molecular complexity index is 495. The van der Waals surface area contributed by atoms with Gasteiger partial charge in [-0.3, -0.25) is 4.79 Å². The molecule has 1 aromatic rings. The van der Waals surface area contributed by atoms with E-state index in [0.29, 0.717) is 17.4 Å². The smallest absolute Gasteiger partial charge is 0.335 e. The molecule has 0 radical (unpaired) electrons. The molecule has 4 heteroatoms. The molecule has 0 heterocycles. The van der Waals surface area contributed by atoms with Gasteiger partial charge < -0.3 is 10.4 Å². The second kappa shape index (κ2) is 6.07. The Morgan fingerprint density at radius 2 is 1.80 bits per heavy atom. The highest BCUT2D eigenvalue weighted by Gasteiger charge is 2.32.